The molecule has 6 nitrogen and oxygen atoms in total. The van der Waals surface area contributed by atoms with Gasteiger partial charge in [0.05, 0.1) is 33.6 Å². The van der Waals surface area contributed by atoms with Crippen LogP contribution in [-0.4, -0.2) is 32.1 Å². The van der Waals surface area contributed by atoms with Crippen molar-refractivity contribution in [3.8, 4) is 16.9 Å². The summed E-state index contributed by atoms with van der Waals surface area (Å²) in [4.78, 5) is 10.6. The molecule has 1 aliphatic carbocycles. The van der Waals surface area contributed by atoms with Crippen molar-refractivity contribution >= 4 is 33.3 Å². The number of alkyl halides is 3. The average molecular weight is 602 g/mol. The van der Waals surface area contributed by atoms with Crippen molar-refractivity contribution in [3.63, 3.8) is 0 Å². The molecule has 0 bridgehead atoms. The van der Waals surface area contributed by atoms with E-state index in [0.29, 0.717) is 31.4 Å². The van der Waals surface area contributed by atoms with Gasteiger partial charge in [0.2, 0.25) is 0 Å². The van der Waals surface area contributed by atoms with Crippen LogP contribution in [0.3, 0.4) is 0 Å². The van der Waals surface area contributed by atoms with Crippen LogP contribution < -0.4 is 9.04 Å². The number of hydrogen-bond donors (Lipinski definition) is 1. The zero-order valence-corrected chi connectivity index (χ0v) is 22.0. The maximum atomic E-state index is 14.1. The molecule has 2 aliphatic rings. The van der Waals surface area contributed by atoms with E-state index in [4.69, 9.17) is 21.4 Å². The monoisotopic (exact) mass is 601 g/mol. The van der Waals surface area contributed by atoms with Crippen LogP contribution >= 0.6 is 11.6 Å². The Kier molecular flexibility index (Phi) is 7.20. The van der Waals surface area contributed by atoms with Gasteiger partial charge in [-0.1, -0.05) is 23.7 Å². The minimum atomic E-state index is -4.78. The Morgan fingerprint density at radius 1 is 1.07 bits per heavy atom. The molecule has 0 saturated heterocycles. The molecular formula is C27H21ClF5NO5S. The van der Waals surface area contributed by atoms with E-state index in [1.807, 2.05) is 0 Å². The zero-order chi connectivity index (χ0) is 29.0. The minimum absolute atomic E-state index is 0.0425. The fourth-order valence-electron chi connectivity index (χ4n) is 5.06. The number of hydrogen-bond acceptors (Lipinski definition) is 4. The number of carbonyl (C=O) groups is 1. The molecular weight excluding hydrogens is 581 g/mol. The van der Waals surface area contributed by atoms with Crippen molar-refractivity contribution < 1.29 is 45.0 Å². The highest BCUT2D eigenvalue weighted by atomic mass is 35.5. The second-order valence-electron chi connectivity index (χ2n) is 9.84. The number of sulfonamides is 1. The summed E-state index contributed by atoms with van der Waals surface area (Å²) >= 11 is 6.05. The van der Waals surface area contributed by atoms with E-state index in [1.54, 1.807) is 0 Å². The lowest BCUT2D eigenvalue weighted by molar-refractivity contribution is -0.146. The van der Waals surface area contributed by atoms with Crippen LogP contribution in [-0.2, 0) is 21.0 Å². The molecule has 3 aromatic carbocycles. The standard InChI is InChI=1S/C27H21ClF5NO5S/c28-25-21(11-18(29)12-22(25)30)15-4-5-24-23(9-15)34(13-19(39-24)8-14-6-16(7-14)26(35)36)40(37,38)20-3-1-2-17(10-20)27(31,32)33/h1-5,9-12,14,16,19H,6-8,13H2,(H,35,36)/t14-,16-,19-/m0/s1. The Morgan fingerprint density at radius 3 is 2.48 bits per heavy atom. The molecule has 212 valence electrons. The van der Waals surface area contributed by atoms with Crippen molar-refractivity contribution in [1.29, 1.82) is 0 Å². The fourth-order valence-corrected chi connectivity index (χ4v) is 6.82. The largest absolute Gasteiger partial charge is 0.486 e. The molecule has 0 unspecified atom stereocenters. The molecule has 0 aromatic heterocycles. The molecule has 0 amide bonds. The number of fused-ring (bicyclic) bond motifs is 1. The Morgan fingerprint density at radius 2 is 1.80 bits per heavy atom. The van der Waals surface area contributed by atoms with E-state index < -0.39 is 61.3 Å². The summed E-state index contributed by atoms with van der Waals surface area (Å²) in [6.45, 7) is -0.283. The van der Waals surface area contributed by atoms with Gasteiger partial charge < -0.3 is 9.84 Å². The summed E-state index contributed by atoms with van der Waals surface area (Å²) in [6, 6.07) is 9.00. The molecule has 1 fully saturated rings. The van der Waals surface area contributed by atoms with Gasteiger partial charge in [-0.2, -0.15) is 13.2 Å². The highest BCUT2D eigenvalue weighted by molar-refractivity contribution is 7.92. The highest BCUT2D eigenvalue weighted by Gasteiger charge is 2.41. The molecule has 1 N–H and O–H groups in total. The number of nitrogens with zero attached hydrogens (tertiary/aromatic N) is 1. The Labute approximate surface area is 231 Å². The van der Waals surface area contributed by atoms with Crippen molar-refractivity contribution in [2.75, 3.05) is 10.8 Å². The van der Waals surface area contributed by atoms with E-state index >= 15 is 0 Å². The normalized spacial score (nSPS) is 20.9. The van der Waals surface area contributed by atoms with Gasteiger partial charge in [0.1, 0.15) is 23.5 Å². The zero-order valence-electron chi connectivity index (χ0n) is 20.5. The van der Waals surface area contributed by atoms with Crippen LogP contribution in [0.1, 0.15) is 24.8 Å². The van der Waals surface area contributed by atoms with Gasteiger partial charge in [-0.25, -0.2) is 17.2 Å². The molecule has 13 heteroatoms. The fraction of sp³-hybridized carbons (Fsp3) is 0.296. The molecule has 1 saturated carbocycles. The van der Waals surface area contributed by atoms with Crippen molar-refractivity contribution in [2.24, 2.45) is 11.8 Å². The lowest BCUT2D eigenvalue weighted by atomic mass is 9.72. The molecule has 1 aliphatic heterocycles. The predicted octanol–water partition coefficient (Wildman–Crippen LogP) is 6.76. The number of carboxylic acid groups (broad SMARTS) is 1. The first-order chi connectivity index (χ1) is 18.7. The number of aliphatic carboxylic acids is 1. The molecule has 1 heterocycles. The summed E-state index contributed by atoms with van der Waals surface area (Å²) in [6.07, 6.45) is -4.40. The highest BCUT2D eigenvalue weighted by Crippen LogP contribution is 2.45. The van der Waals surface area contributed by atoms with E-state index in [0.717, 1.165) is 28.6 Å². The number of carboxylic acids is 1. The maximum Gasteiger partial charge on any atom is 0.416 e. The minimum Gasteiger partial charge on any atom is -0.486 e. The smallest absolute Gasteiger partial charge is 0.416 e. The average Bonchev–Trinajstić information content (AvgIpc) is 2.86. The summed E-state index contributed by atoms with van der Waals surface area (Å²) in [5.74, 6) is -3.32. The van der Waals surface area contributed by atoms with Gasteiger partial charge in [-0.3, -0.25) is 9.10 Å². The Balaban J connectivity index is 1.56. The molecule has 1 atom stereocenters. The third-order valence-electron chi connectivity index (χ3n) is 7.13. The van der Waals surface area contributed by atoms with E-state index in [2.05, 4.69) is 0 Å². The molecule has 0 radical (unpaired) electrons. The SMILES string of the molecule is O=C(O)[C@H]1C[C@H](C[C@H]2CN(S(=O)(=O)c3cccc(C(F)(F)F)c3)c3cc(-c4cc(F)cc(F)c4Cl)ccc3O2)C1. The van der Waals surface area contributed by atoms with Crippen LogP contribution in [0, 0.1) is 23.5 Å². The third-order valence-corrected chi connectivity index (χ3v) is 9.29. The van der Waals surface area contributed by atoms with Gasteiger partial charge in [-0.05, 0) is 67.1 Å². The summed E-state index contributed by atoms with van der Waals surface area (Å²) < 4.78 is 103. The van der Waals surface area contributed by atoms with Crippen LogP contribution in [0.4, 0.5) is 27.6 Å². The molecule has 5 rings (SSSR count). The second kappa shape index (κ2) is 10.2. The number of anilines is 1. The van der Waals surface area contributed by atoms with Crippen molar-refractivity contribution in [2.45, 2.75) is 36.4 Å². The topological polar surface area (TPSA) is 83.9 Å². The summed E-state index contributed by atoms with van der Waals surface area (Å²) in [5.41, 5.74) is -1.11. The summed E-state index contributed by atoms with van der Waals surface area (Å²) in [5, 5.41) is 8.76. The lowest BCUT2D eigenvalue weighted by Gasteiger charge is -2.40. The predicted molar refractivity (Wildman–Crippen MR) is 136 cm³/mol. The first-order valence-electron chi connectivity index (χ1n) is 12.1. The summed E-state index contributed by atoms with van der Waals surface area (Å²) in [7, 11) is -4.59. The number of halogens is 6. The van der Waals surface area contributed by atoms with Crippen LogP contribution in [0.5, 0.6) is 5.75 Å². The van der Waals surface area contributed by atoms with Crippen molar-refractivity contribution in [3.05, 3.63) is 76.8 Å². The van der Waals surface area contributed by atoms with Gasteiger partial charge in [-0.15, -0.1) is 0 Å². The first kappa shape index (κ1) is 28.2. The lowest BCUT2D eigenvalue weighted by Crippen LogP contribution is -2.45. The van der Waals surface area contributed by atoms with Gasteiger partial charge in [0.25, 0.3) is 10.0 Å². The molecule has 40 heavy (non-hydrogen) atoms. The van der Waals surface area contributed by atoms with E-state index in [1.165, 1.54) is 18.2 Å². The van der Waals surface area contributed by atoms with Crippen molar-refractivity contribution in [1.82, 2.24) is 0 Å². The van der Waals surface area contributed by atoms with E-state index in [-0.39, 0.29) is 35.0 Å². The van der Waals surface area contributed by atoms with Crippen LogP contribution in [0.15, 0.2) is 59.5 Å². The molecule has 0 spiro atoms. The van der Waals surface area contributed by atoms with Crippen LogP contribution in [0.2, 0.25) is 5.02 Å². The quantitative estimate of drug-likeness (QED) is 0.249. The number of rotatable bonds is 6. The second-order valence-corrected chi connectivity index (χ2v) is 12.1. The van der Waals surface area contributed by atoms with Gasteiger partial charge >= 0.3 is 12.1 Å². The Bertz CT molecular complexity index is 1590. The first-order valence-corrected chi connectivity index (χ1v) is 13.9. The number of ether oxygens (including phenoxy) is 1. The van der Waals surface area contributed by atoms with Gasteiger partial charge in [0.15, 0.2) is 0 Å². The van der Waals surface area contributed by atoms with E-state index in [9.17, 15) is 35.2 Å². The maximum absolute atomic E-state index is 14.1. The molecule has 3 aromatic rings. The Hall–Kier alpha value is -3.38. The third kappa shape index (κ3) is 5.34. The van der Waals surface area contributed by atoms with Gasteiger partial charge in [0, 0.05) is 11.6 Å². The van der Waals surface area contributed by atoms with Crippen LogP contribution in [0.25, 0.3) is 11.1 Å². The number of benzene rings is 3.